The van der Waals surface area contributed by atoms with Gasteiger partial charge in [-0.25, -0.2) is 9.88 Å². The molecular weight excluding hydrogens is 506 g/mol. The highest BCUT2D eigenvalue weighted by Gasteiger charge is 2.44. The molecule has 1 aliphatic rings. The summed E-state index contributed by atoms with van der Waals surface area (Å²) in [6.07, 6.45) is -0.115. The van der Waals surface area contributed by atoms with Crippen molar-refractivity contribution in [3.63, 3.8) is 0 Å². The van der Waals surface area contributed by atoms with E-state index >= 15 is 0 Å². The average molecular weight is 532 g/mol. The maximum absolute atomic E-state index is 13.6. The molecule has 1 fully saturated rings. The zero-order valence-electron chi connectivity index (χ0n) is 21.5. The first-order valence-electron chi connectivity index (χ1n) is 12.9. The lowest BCUT2D eigenvalue weighted by Gasteiger charge is -2.28. The monoisotopic (exact) mass is 531 g/mol. The smallest absolute Gasteiger partial charge is 0.261 e. The van der Waals surface area contributed by atoms with Crippen LogP contribution in [0.1, 0.15) is 12.0 Å². The number of carbonyl (C=O) groups is 3. The number of imide groups is 1. The second-order valence-corrected chi connectivity index (χ2v) is 9.43. The first kappa shape index (κ1) is 25.1. The predicted molar refractivity (Wildman–Crippen MR) is 149 cm³/mol. The van der Waals surface area contributed by atoms with Crippen molar-refractivity contribution in [3.8, 4) is 17.2 Å². The molecule has 0 radical (unpaired) electrons. The van der Waals surface area contributed by atoms with Crippen molar-refractivity contribution in [3.05, 3.63) is 115 Å². The predicted octanol–water partition coefficient (Wildman–Crippen LogP) is 5.23. The summed E-state index contributed by atoms with van der Waals surface area (Å²) in [5.41, 5.74) is 3.40. The Hall–Kier alpha value is -5.24. The van der Waals surface area contributed by atoms with Crippen molar-refractivity contribution >= 4 is 34.5 Å². The largest absolute Gasteiger partial charge is 0.484 e. The third-order valence-corrected chi connectivity index (χ3v) is 6.79. The van der Waals surface area contributed by atoms with E-state index in [0.717, 1.165) is 21.5 Å². The molecule has 6 rings (SSSR count). The fourth-order valence-electron chi connectivity index (χ4n) is 4.78. The number of fused-ring (bicyclic) bond motifs is 1. The van der Waals surface area contributed by atoms with Gasteiger partial charge in [-0.15, -0.1) is 0 Å². The summed E-state index contributed by atoms with van der Waals surface area (Å²) in [7, 11) is 0. The van der Waals surface area contributed by atoms with Gasteiger partial charge < -0.3 is 14.1 Å². The highest BCUT2D eigenvalue weighted by Crippen LogP contribution is 2.30. The number of ether oxygens (including phenoxy) is 1. The Bertz CT molecular complexity index is 1630. The van der Waals surface area contributed by atoms with Crippen LogP contribution in [0, 0.1) is 0 Å². The van der Waals surface area contributed by atoms with E-state index in [1.54, 1.807) is 36.4 Å². The molecule has 1 saturated heterocycles. The van der Waals surface area contributed by atoms with Gasteiger partial charge in [-0.05, 0) is 54.1 Å². The van der Waals surface area contributed by atoms with E-state index < -0.39 is 11.9 Å². The lowest BCUT2D eigenvalue weighted by atomic mass is 10.1. The SMILES string of the molecule is O=C1CC(N(Cc2ccccc2)C(=O)COc2ccccc2)C(=O)N1c1ccc(-c2nc3ccccc3o2)cc1. The first-order chi connectivity index (χ1) is 19.6. The van der Waals surface area contributed by atoms with Gasteiger partial charge in [-0.2, -0.15) is 0 Å². The number of amides is 3. The molecule has 0 aliphatic carbocycles. The fourth-order valence-corrected chi connectivity index (χ4v) is 4.78. The van der Waals surface area contributed by atoms with E-state index in [1.165, 1.54) is 4.90 Å². The number of anilines is 1. The molecule has 8 nitrogen and oxygen atoms in total. The van der Waals surface area contributed by atoms with E-state index in [-0.39, 0.29) is 31.4 Å². The molecule has 1 aromatic heterocycles. The van der Waals surface area contributed by atoms with Crippen LogP contribution in [-0.4, -0.2) is 40.3 Å². The van der Waals surface area contributed by atoms with E-state index in [2.05, 4.69) is 4.98 Å². The lowest BCUT2D eigenvalue weighted by molar-refractivity contribution is -0.140. The first-order valence-corrected chi connectivity index (χ1v) is 12.9. The van der Waals surface area contributed by atoms with Gasteiger partial charge in [0.15, 0.2) is 12.2 Å². The number of benzene rings is 4. The van der Waals surface area contributed by atoms with Crippen LogP contribution in [0.3, 0.4) is 0 Å². The van der Waals surface area contributed by atoms with E-state index in [1.807, 2.05) is 72.8 Å². The molecule has 0 saturated carbocycles. The van der Waals surface area contributed by atoms with Gasteiger partial charge in [0.05, 0.1) is 12.1 Å². The van der Waals surface area contributed by atoms with Crippen LogP contribution in [0.2, 0.25) is 0 Å². The van der Waals surface area contributed by atoms with Crippen LogP contribution < -0.4 is 9.64 Å². The van der Waals surface area contributed by atoms with Gasteiger partial charge in [-0.1, -0.05) is 60.7 Å². The van der Waals surface area contributed by atoms with Gasteiger partial charge in [-0.3, -0.25) is 14.4 Å². The molecule has 8 heteroatoms. The standard InChI is InChI=1S/C32H25N3O5/c36-29-19-27(34(20-22-9-3-1-4-10-22)30(37)21-39-25-11-5-2-6-12-25)32(38)35(29)24-17-15-23(16-18-24)31-33-26-13-7-8-14-28(26)40-31/h1-18,27H,19-21H2. The van der Waals surface area contributed by atoms with Crippen LogP contribution in [-0.2, 0) is 20.9 Å². The highest BCUT2D eigenvalue weighted by molar-refractivity contribution is 6.23. The molecule has 198 valence electrons. The van der Waals surface area contributed by atoms with Crippen LogP contribution in [0.15, 0.2) is 114 Å². The van der Waals surface area contributed by atoms with Crippen molar-refractivity contribution in [2.75, 3.05) is 11.5 Å². The van der Waals surface area contributed by atoms with E-state index in [4.69, 9.17) is 9.15 Å². The maximum atomic E-state index is 13.6. The van der Waals surface area contributed by atoms with Crippen LogP contribution >= 0.6 is 0 Å². The third-order valence-electron chi connectivity index (χ3n) is 6.79. The summed E-state index contributed by atoms with van der Waals surface area (Å²) in [4.78, 5) is 47.2. The minimum atomic E-state index is -0.948. The van der Waals surface area contributed by atoms with Crippen molar-refractivity contribution in [2.24, 2.45) is 0 Å². The summed E-state index contributed by atoms with van der Waals surface area (Å²) in [5, 5.41) is 0. The Kier molecular flexibility index (Phi) is 6.80. The van der Waals surface area contributed by atoms with Crippen molar-refractivity contribution in [1.29, 1.82) is 0 Å². The Morgan fingerprint density at radius 3 is 2.27 bits per heavy atom. The maximum Gasteiger partial charge on any atom is 0.261 e. The molecule has 2 heterocycles. The van der Waals surface area contributed by atoms with Gasteiger partial charge in [0.25, 0.3) is 11.8 Å². The molecule has 3 amide bonds. The number of nitrogens with zero attached hydrogens (tertiary/aromatic N) is 3. The van der Waals surface area contributed by atoms with Crippen LogP contribution in [0.5, 0.6) is 5.75 Å². The number of rotatable bonds is 8. The van der Waals surface area contributed by atoms with Gasteiger partial charge in [0.1, 0.15) is 17.3 Å². The fraction of sp³-hybridized carbons (Fsp3) is 0.125. The molecule has 1 atom stereocenters. The number of oxazole rings is 1. The zero-order chi connectivity index (χ0) is 27.5. The normalized spacial score (nSPS) is 15.0. The summed E-state index contributed by atoms with van der Waals surface area (Å²) in [6, 6.07) is 31.8. The van der Waals surface area contributed by atoms with Gasteiger partial charge >= 0.3 is 0 Å². The minimum absolute atomic E-state index is 0.115. The Balaban J connectivity index is 1.23. The molecule has 1 aliphatic heterocycles. The van der Waals surface area contributed by atoms with Crippen molar-refractivity contribution < 1.29 is 23.5 Å². The van der Waals surface area contributed by atoms with Crippen LogP contribution in [0.25, 0.3) is 22.6 Å². The molecular formula is C32H25N3O5. The quantitative estimate of drug-likeness (QED) is 0.255. The summed E-state index contributed by atoms with van der Waals surface area (Å²) in [5.74, 6) is -0.220. The Labute approximate surface area is 230 Å². The number of hydrogen-bond acceptors (Lipinski definition) is 6. The number of para-hydroxylation sites is 3. The molecule has 0 bridgehead atoms. The summed E-state index contributed by atoms with van der Waals surface area (Å²) >= 11 is 0. The topological polar surface area (TPSA) is 93.0 Å². The van der Waals surface area contributed by atoms with Crippen LogP contribution in [0.4, 0.5) is 5.69 Å². The van der Waals surface area contributed by atoms with Crippen molar-refractivity contribution in [1.82, 2.24) is 9.88 Å². The second kappa shape index (κ2) is 10.9. The molecule has 5 aromatic rings. The second-order valence-electron chi connectivity index (χ2n) is 9.43. The Morgan fingerprint density at radius 2 is 1.55 bits per heavy atom. The lowest BCUT2D eigenvalue weighted by Crippen LogP contribution is -2.46. The minimum Gasteiger partial charge on any atom is -0.484 e. The average Bonchev–Trinajstić information content (AvgIpc) is 3.56. The van der Waals surface area contributed by atoms with Gasteiger partial charge in [0.2, 0.25) is 11.8 Å². The third kappa shape index (κ3) is 5.07. The summed E-state index contributed by atoms with van der Waals surface area (Å²) in [6.45, 7) is -0.0833. The number of carbonyl (C=O) groups excluding carboxylic acids is 3. The molecule has 0 spiro atoms. The zero-order valence-corrected chi connectivity index (χ0v) is 21.5. The van der Waals surface area contributed by atoms with Crippen molar-refractivity contribution in [2.45, 2.75) is 19.0 Å². The summed E-state index contributed by atoms with van der Waals surface area (Å²) < 4.78 is 11.5. The highest BCUT2D eigenvalue weighted by atomic mass is 16.5. The van der Waals surface area contributed by atoms with E-state index in [0.29, 0.717) is 22.9 Å². The molecule has 40 heavy (non-hydrogen) atoms. The molecule has 1 unspecified atom stereocenters. The molecule has 4 aromatic carbocycles. The Morgan fingerprint density at radius 1 is 0.875 bits per heavy atom. The van der Waals surface area contributed by atoms with Gasteiger partial charge in [0, 0.05) is 12.1 Å². The van der Waals surface area contributed by atoms with E-state index in [9.17, 15) is 14.4 Å². The number of aromatic nitrogens is 1. The molecule has 0 N–H and O–H groups in total. The number of hydrogen-bond donors (Lipinski definition) is 0.